The lowest BCUT2D eigenvalue weighted by Crippen LogP contribution is -1.87. The molecule has 1 heterocycles. The minimum Gasteiger partial charge on any atom is -0.281 e. The van der Waals surface area contributed by atoms with Crippen LogP contribution in [-0.2, 0) is 0 Å². The highest BCUT2D eigenvalue weighted by atomic mass is 15.1. The van der Waals surface area contributed by atoms with E-state index >= 15 is 0 Å². The normalized spacial score (nSPS) is 10.7. The van der Waals surface area contributed by atoms with Crippen LogP contribution in [-0.4, -0.2) is 10.2 Å². The molecule has 2 aromatic rings. The smallest absolute Gasteiger partial charge is 0.110 e. The first-order valence-corrected chi connectivity index (χ1v) is 4.61. The van der Waals surface area contributed by atoms with Crippen LogP contribution in [0.1, 0.15) is 31.0 Å². The van der Waals surface area contributed by atoms with Gasteiger partial charge in [0.25, 0.3) is 0 Å². The molecule has 1 aromatic carbocycles. The van der Waals surface area contributed by atoms with Gasteiger partial charge in [-0.15, -0.1) is 0 Å². The number of nitrogens with one attached hydrogen (secondary N) is 1. The monoisotopic (exact) mass is 185 g/mol. The number of aromatic nitrogens is 2. The summed E-state index contributed by atoms with van der Waals surface area (Å²) >= 11 is 0. The van der Waals surface area contributed by atoms with Crippen LogP contribution in [0.4, 0.5) is 0 Å². The van der Waals surface area contributed by atoms with E-state index in [1.165, 1.54) is 0 Å². The standard InChI is InChI=1S/C11H11N3/c1-7(2)10-9-5-3-4-8(6-12)11(9)14-13-10/h3-5,7H,1-2H3,(H,13,14). The molecule has 0 amide bonds. The molecule has 0 spiro atoms. The SMILES string of the molecule is CC(C)c1[nH]nc2c(C#N)cccc12. The van der Waals surface area contributed by atoms with Crippen molar-refractivity contribution in [3.8, 4) is 6.07 Å². The molecule has 0 unspecified atom stereocenters. The second-order valence-electron chi connectivity index (χ2n) is 3.61. The highest BCUT2D eigenvalue weighted by Crippen LogP contribution is 2.24. The van der Waals surface area contributed by atoms with E-state index in [4.69, 9.17) is 5.26 Å². The third-order valence-corrected chi connectivity index (χ3v) is 2.31. The van der Waals surface area contributed by atoms with E-state index in [-0.39, 0.29) is 0 Å². The number of H-pyrrole nitrogens is 1. The number of hydrogen-bond acceptors (Lipinski definition) is 2. The Balaban J connectivity index is 2.77. The Morgan fingerprint density at radius 2 is 2.21 bits per heavy atom. The molecular weight excluding hydrogens is 174 g/mol. The molecule has 0 fully saturated rings. The summed E-state index contributed by atoms with van der Waals surface area (Å²) in [6.07, 6.45) is 0. The van der Waals surface area contributed by atoms with Gasteiger partial charge in [-0.05, 0) is 12.0 Å². The first-order valence-electron chi connectivity index (χ1n) is 4.61. The van der Waals surface area contributed by atoms with Crippen molar-refractivity contribution in [1.82, 2.24) is 10.2 Å². The molecule has 0 aliphatic rings. The predicted octanol–water partition coefficient (Wildman–Crippen LogP) is 2.56. The van der Waals surface area contributed by atoms with Crippen LogP contribution in [0.3, 0.4) is 0 Å². The van der Waals surface area contributed by atoms with Gasteiger partial charge in [0.1, 0.15) is 11.6 Å². The summed E-state index contributed by atoms with van der Waals surface area (Å²) < 4.78 is 0. The predicted molar refractivity (Wildman–Crippen MR) is 54.9 cm³/mol. The van der Waals surface area contributed by atoms with Crippen LogP contribution >= 0.6 is 0 Å². The molecule has 0 atom stereocenters. The van der Waals surface area contributed by atoms with Crippen molar-refractivity contribution >= 4 is 10.9 Å². The zero-order chi connectivity index (χ0) is 10.1. The topological polar surface area (TPSA) is 52.5 Å². The third kappa shape index (κ3) is 1.16. The van der Waals surface area contributed by atoms with Gasteiger partial charge in [0.05, 0.1) is 5.56 Å². The molecule has 1 aromatic heterocycles. The number of rotatable bonds is 1. The van der Waals surface area contributed by atoms with E-state index in [0.717, 1.165) is 16.6 Å². The number of para-hydroxylation sites is 1. The number of hydrogen-bond donors (Lipinski definition) is 1. The quantitative estimate of drug-likeness (QED) is 0.742. The van der Waals surface area contributed by atoms with Gasteiger partial charge in [-0.1, -0.05) is 26.0 Å². The van der Waals surface area contributed by atoms with Crippen LogP contribution < -0.4 is 0 Å². The zero-order valence-corrected chi connectivity index (χ0v) is 8.20. The van der Waals surface area contributed by atoms with E-state index in [9.17, 15) is 0 Å². The van der Waals surface area contributed by atoms with E-state index < -0.39 is 0 Å². The van der Waals surface area contributed by atoms with Crippen molar-refractivity contribution in [1.29, 1.82) is 5.26 Å². The fraction of sp³-hybridized carbons (Fsp3) is 0.273. The minimum absolute atomic E-state index is 0.397. The lowest BCUT2D eigenvalue weighted by atomic mass is 10.0. The molecule has 3 heteroatoms. The molecule has 0 saturated heterocycles. The first-order chi connectivity index (χ1) is 6.74. The summed E-state index contributed by atoms with van der Waals surface area (Å²) in [6, 6.07) is 7.81. The molecule has 0 aliphatic heterocycles. The highest BCUT2D eigenvalue weighted by Gasteiger charge is 2.10. The second kappa shape index (κ2) is 3.15. The van der Waals surface area contributed by atoms with E-state index in [1.54, 1.807) is 6.07 Å². The number of fused-ring (bicyclic) bond motifs is 1. The van der Waals surface area contributed by atoms with E-state index in [1.807, 2.05) is 12.1 Å². The van der Waals surface area contributed by atoms with Gasteiger partial charge in [0.15, 0.2) is 0 Å². The lowest BCUT2D eigenvalue weighted by molar-refractivity contribution is 0.818. The fourth-order valence-electron chi connectivity index (χ4n) is 1.59. The van der Waals surface area contributed by atoms with Crippen LogP contribution in [0.25, 0.3) is 10.9 Å². The van der Waals surface area contributed by atoms with Gasteiger partial charge >= 0.3 is 0 Å². The summed E-state index contributed by atoms with van der Waals surface area (Å²) in [5.41, 5.74) is 2.50. The molecule has 2 rings (SSSR count). The van der Waals surface area contributed by atoms with Gasteiger partial charge < -0.3 is 0 Å². The maximum atomic E-state index is 8.88. The summed E-state index contributed by atoms with van der Waals surface area (Å²) in [5.74, 6) is 0.397. The van der Waals surface area contributed by atoms with Crippen LogP contribution in [0, 0.1) is 11.3 Å². The van der Waals surface area contributed by atoms with Crippen molar-refractivity contribution in [3.63, 3.8) is 0 Å². The molecule has 0 bridgehead atoms. The molecule has 3 nitrogen and oxygen atoms in total. The van der Waals surface area contributed by atoms with Crippen molar-refractivity contribution in [2.75, 3.05) is 0 Å². The lowest BCUT2D eigenvalue weighted by Gasteiger charge is -2.00. The Bertz CT molecular complexity index is 503. The maximum Gasteiger partial charge on any atom is 0.110 e. The number of benzene rings is 1. The number of aromatic amines is 1. The van der Waals surface area contributed by atoms with Crippen molar-refractivity contribution in [2.45, 2.75) is 19.8 Å². The summed E-state index contributed by atoms with van der Waals surface area (Å²) in [6.45, 7) is 4.21. The van der Waals surface area contributed by atoms with Gasteiger partial charge in [0, 0.05) is 11.1 Å². The van der Waals surface area contributed by atoms with E-state index in [0.29, 0.717) is 11.5 Å². The summed E-state index contributed by atoms with van der Waals surface area (Å²) in [4.78, 5) is 0. The molecule has 0 aliphatic carbocycles. The Hall–Kier alpha value is -1.82. The van der Waals surface area contributed by atoms with Gasteiger partial charge in [0.2, 0.25) is 0 Å². The molecule has 1 N–H and O–H groups in total. The molecule has 0 saturated carbocycles. The molecule has 14 heavy (non-hydrogen) atoms. The molecular formula is C11H11N3. The first kappa shape index (κ1) is 8.76. The Morgan fingerprint density at radius 1 is 1.43 bits per heavy atom. The van der Waals surface area contributed by atoms with Gasteiger partial charge in [-0.25, -0.2) is 0 Å². The van der Waals surface area contributed by atoms with Crippen molar-refractivity contribution < 1.29 is 0 Å². The summed E-state index contributed by atoms with van der Waals surface area (Å²) in [5, 5.41) is 17.1. The fourth-order valence-corrected chi connectivity index (χ4v) is 1.59. The Kier molecular flexibility index (Phi) is 1.97. The summed E-state index contributed by atoms with van der Waals surface area (Å²) in [7, 11) is 0. The van der Waals surface area contributed by atoms with Crippen LogP contribution in [0.2, 0.25) is 0 Å². The molecule has 70 valence electrons. The zero-order valence-electron chi connectivity index (χ0n) is 8.20. The largest absolute Gasteiger partial charge is 0.281 e. The van der Waals surface area contributed by atoms with Gasteiger partial charge in [-0.2, -0.15) is 10.4 Å². The Morgan fingerprint density at radius 3 is 2.86 bits per heavy atom. The van der Waals surface area contributed by atoms with Crippen LogP contribution in [0.5, 0.6) is 0 Å². The van der Waals surface area contributed by atoms with Crippen molar-refractivity contribution in [2.24, 2.45) is 0 Å². The average molecular weight is 185 g/mol. The third-order valence-electron chi connectivity index (χ3n) is 2.31. The average Bonchev–Trinajstić information content (AvgIpc) is 2.60. The van der Waals surface area contributed by atoms with Gasteiger partial charge in [-0.3, -0.25) is 5.10 Å². The maximum absolute atomic E-state index is 8.88. The number of nitriles is 1. The van der Waals surface area contributed by atoms with Crippen molar-refractivity contribution in [3.05, 3.63) is 29.5 Å². The van der Waals surface area contributed by atoms with E-state index in [2.05, 4.69) is 30.1 Å². The molecule has 0 radical (unpaired) electrons. The van der Waals surface area contributed by atoms with Crippen LogP contribution in [0.15, 0.2) is 18.2 Å². The minimum atomic E-state index is 0.397. The Labute approximate surface area is 82.4 Å². The number of nitrogens with zero attached hydrogens (tertiary/aromatic N) is 2. The highest BCUT2D eigenvalue weighted by molar-refractivity contribution is 5.86. The second-order valence-corrected chi connectivity index (χ2v) is 3.61.